The molecule has 1 unspecified atom stereocenters. The number of benzene rings is 2. The Morgan fingerprint density at radius 3 is 2.71 bits per heavy atom. The maximum atomic E-state index is 12.9. The van der Waals surface area contributed by atoms with Crippen LogP contribution in [0.15, 0.2) is 42.5 Å². The highest BCUT2D eigenvalue weighted by molar-refractivity contribution is 7.22. The molecule has 0 N–H and O–H groups in total. The molecule has 6 nitrogen and oxygen atoms in total. The molecule has 2 aliphatic rings. The molecule has 0 aliphatic carbocycles. The molecule has 1 fully saturated rings. The number of amides is 1. The zero-order valence-electron chi connectivity index (χ0n) is 15.0. The summed E-state index contributed by atoms with van der Waals surface area (Å²) in [6.45, 7) is 3.00. The Hall–Kier alpha value is -2.51. The monoisotopic (exact) mass is 415 g/mol. The molecular formula is C20H18ClN3O3S. The van der Waals surface area contributed by atoms with E-state index in [1.165, 1.54) is 0 Å². The number of carbonyl (C=O) groups is 1. The summed E-state index contributed by atoms with van der Waals surface area (Å²) in [5.41, 5.74) is 0.953. The van der Waals surface area contributed by atoms with E-state index in [1.54, 1.807) is 11.3 Å². The molecule has 28 heavy (non-hydrogen) atoms. The van der Waals surface area contributed by atoms with Gasteiger partial charge in [-0.2, -0.15) is 0 Å². The number of piperazine rings is 1. The van der Waals surface area contributed by atoms with Gasteiger partial charge in [0, 0.05) is 31.2 Å². The molecule has 3 aromatic rings. The number of aromatic nitrogens is 1. The highest BCUT2D eigenvalue weighted by atomic mass is 35.5. The number of para-hydroxylation sites is 2. The number of anilines is 1. The fourth-order valence-corrected chi connectivity index (χ4v) is 4.78. The summed E-state index contributed by atoms with van der Waals surface area (Å²) in [6, 6.07) is 13.2. The highest BCUT2D eigenvalue weighted by Gasteiger charge is 2.33. The van der Waals surface area contributed by atoms with Crippen molar-refractivity contribution in [3.05, 3.63) is 47.5 Å². The van der Waals surface area contributed by atoms with Crippen molar-refractivity contribution in [3.8, 4) is 11.5 Å². The molecule has 0 bridgehead atoms. The smallest absolute Gasteiger partial charge is 0.267 e. The van der Waals surface area contributed by atoms with Gasteiger partial charge in [-0.1, -0.05) is 35.1 Å². The summed E-state index contributed by atoms with van der Waals surface area (Å²) in [5.74, 6) is 1.29. The summed E-state index contributed by atoms with van der Waals surface area (Å²) < 4.78 is 12.6. The molecule has 8 heteroatoms. The molecule has 1 aromatic heterocycles. The number of nitrogens with zero attached hydrogens (tertiary/aromatic N) is 3. The SMILES string of the molecule is O=C(C1COc2ccccc2O1)N1CCN(c2nc3ccc(Cl)cc3s2)CC1. The van der Waals surface area contributed by atoms with Crippen LogP contribution < -0.4 is 14.4 Å². The topological polar surface area (TPSA) is 54.9 Å². The lowest BCUT2D eigenvalue weighted by molar-refractivity contribution is -0.141. The molecule has 1 saturated heterocycles. The first-order valence-electron chi connectivity index (χ1n) is 9.16. The van der Waals surface area contributed by atoms with Crippen LogP contribution in [-0.2, 0) is 4.79 Å². The van der Waals surface area contributed by atoms with Crippen LogP contribution in [0, 0.1) is 0 Å². The van der Waals surface area contributed by atoms with Gasteiger partial charge in [-0.25, -0.2) is 4.98 Å². The normalized spacial score (nSPS) is 19.1. The minimum absolute atomic E-state index is 0.0229. The highest BCUT2D eigenvalue weighted by Crippen LogP contribution is 2.33. The van der Waals surface area contributed by atoms with Gasteiger partial charge in [-0.15, -0.1) is 0 Å². The average Bonchev–Trinajstić information content (AvgIpc) is 3.16. The van der Waals surface area contributed by atoms with E-state index in [0.717, 1.165) is 33.5 Å². The van der Waals surface area contributed by atoms with Crippen LogP contribution in [0.4, 0.5) is 5.13 Å². The second kappa shape index (κ2) is 7.14. The van der Waals surface area contributed by atoms with Crippen LogP contribution >= 0.6 is 22.9 Å². The Bertz CT molecular complexity index is 1030. The van der Waals surface area contributed by atoms with Gasteiger partial charge in [0.15, 0.2) is 16.6 Å². The Labute approximate surface area is 171 Å². The van der Waals surface area contributed by atoms with Crippen LogP contribution in [-0.4, -0.2) is 54.7 Å². The first-order chi connectivity index (χ1) is 13.7. The molecular weight excluding hydrogens is 398 g/mol. The van der Waals surface area contributed by atoms with E-state index in [1.807, 2.05) is 47.4 Å². The van der Waals surface area contributed by atoms with Crippen LogP contribution in [0.5, 0.6) is 11.5 Å². The Morgan fingerprint density at radius 2 is 1.89 bits per heavy atom. The van der Waals surface area contributed by atoms with Crippen molar-refractivity contribution in [2.75, 3.05) is 37.7 Å². The van der Waals surface area contributed by atoms with Gasteiger partial charge in [0.1, 0.15) is 6.61 Å². The molecule has 0 radical (unpaired) electrons. The molecule has 3 heterocycles. The van der Waals surface area contributed by atoms with E-state index >= 15 is 0 Å². The van der Waals surface area contributed by atoms with Crippen molar-refractivity contribution in [1.29, 1.82) is 0 Å². The zero-order chi connectivity index (χ0) is 19.1. The summed E-state index contributed by atoms with van der Waals surface area (Å²) in [6.07, 6.45) is -0.592. The predicted octanol–water partition coefficient (Wildman–Crippen LogP) is 3.44. The Balaban J connectivity index is 1.23. The van der Waals surface area contributed by atoms with Gasteiger partial charge < -0.3 is 19.3 Å². The van der Waals surface area contributed by atoms with E-state index in [2.05, 4.69) is 4.90 Å². The lowest BCUT2D eigenvalue weighted by Gasteiger charge is -2.37. The molecule has 5 rings (SSSR count). The van der Waals surface area contributed by atoms with E-state index in [-0.39, 0.29) is 12.5 Å². The molecule has 1 atom stereocenters. The minimum Gasteiger partial charge on any atom is -0.485 e. The van der Waals surface area contributed by atoms with E-state index in [4.69, 9.17) is 26.1 Å². The van der Waals surface area contributed by atoms with E-state index in [0.29, 0.717) is 24.6 Å². The third-order valence-electron chi connectivity index (χ3n) is 4.99. The first-order valence-corrected chi connectivity index (χ1v) is 10.4. The van der Waals surface area contributed by atoms with Gasteiger partial charge >= 0.3 is 0 Å². The number of fused-ring (bicyclic) bond motifs is 2. The third-order valence-corrected chi connectivity index (χ3v) is 6.30. The van der Waals surface area contributed by atoms with E-state index < -0.39 is 6.10 Å². The molecule has 0 spiro atoms. The van der Waals surface area contributed by atoms with Crippen molar-refractivity contribution in [1.82, 2.24) is 9.88 Å². The van der Waals surface area contributed by atoms with Crippen molar-refractivity contribution in [2.24, 2.45) is 0 Å². The molecule has 2 aromatic carbocycles. The van der Waals surface area contributed by atoms with Gasteiger partial charge in [-0.3, -0.25) is 4.79 Å². The van der Waals surface area contributed by atoms with Gasteiger partial charge in [-0.05, 0) is 30.3 Å². The number of halogens is 1. The number of carbonyl (C=O) groups excluding carboxylic acids is 1. The van der Waals surface area contributed by atoms with Crippen LogP contribution in [0.3, 0.4) is 0 Å². The molecule has 144 valence electrons. The van der Waals surface area contributed by atoms with Crippen molar-refractivity contribution in [3.63, 3.8) is 0 Å². The maximum absolute atomic E-state index is 12.9. The fourth-order valence-electron chi connectivity index (χ4n) is 3.48. The number of rotatable bonds is 2. The minimum atomic E-state index is -0.592. The lowest BCUT2D eigenvalue weighted by atomic mass is 10.2. The second-order valence-corrected chi connectivity index (χ2v) is 8.23. The summed E-state index contributed by atoms with van der Waals surface area (Å²) in [4.78, 5) is 21.6. The third kappa shape index (κ3) is 3.25. The largest absolute Gasteiger partial charge is 0.485 e. The van der Waals surface area contributed by atoms with Crippen LogP contribution in [0.2, 0.25) is 5.02 Å². The molecule has 1 amide bonds. The number of hydrogen-bond donors (Lipinski definition) is 0. The number of ether oxygens (including phenoxy) is 2. The molecule has 0 saturated carbocycles. The summed E-state index contributed by atoms with van der Waals surface area (Å²) in [5, 5.41) is 1.69. The summed E-state index contributed by atoms with van der Waals surface area (Å²) in [7, 11) is 0. The number of hydrogen-bond acceptors (Lipinski definition) is 6. The standard InChI is InChI=1S/C20H18ClN3O3S/c21-13-5-6-14-18(11-13)28-20(22-14)24-9-7-23(8-10-24)19(25)17-12-26-15-3-1-2-4-16(15)27-17/h1-6,11,17H,7-10,12H2. The van der Waals surface area contributed by atoms with Crippen molar-refractivity contribution in [2.45, 2.75) is 6.10 Å². The quantitative estimate of drug-likeness (QED) is 0.641. The summed E-state index contributed by atoms with van der Waals surface area (Å²) >= 11 is 7.70. The van der Waals surface area contributed by atoms with Crippen molar-refractivity contribution >= 4 is 44.2 Å². The fraction of sp³-hybridized carbons (Fsp3) is 0.300. The Kier molecular flexibility index (Phi) is 4.49. The van der Waals surface area contributed by atoms with Gasteiger partial charge in [0.2, 0.25) is 6.10 Å². The second-order valence-electron chi connectivity index (χ2n) is 6.79. The van der Waals surface area contributed by atoms with Gasteiger partial charge in [0.25, 0.3) is 5.91 Å². The zero-order valence-corrected chi connectivity index (χ0v) is 16.6. The first kappa shape index (κ1) is 17.6. The number of thiazole rings is 1. The maximum Gasteiger partial charge on any atom is 0.267 e. The lowest BCUT2D eigenvalue weighted by Crippen LogP contribution is -2.54. The van der Waals surface area contributed by atoms with Crippen LogP contribution in [0.25, 0.3) is 10.2 Å². The predicted molar refractivity (Wildman–Crippen MR) is 110 cm³/mol. The van der Waals surface area contributed by atoms with Crippen LogP contribution in [0.1, 0.15) is 0 Å². The average molecular weight is 416 g/mol. The van der Waals surface area contributed by atoms with Crippen molar-refractivity contribution < 1.29 is 14.3 Å². The molecule has 2 aliphatic heterocycles. The van der Waals surface area contributed by atoms with E-state index in [9.17, 15) is 4.79 Å². The Morgan fingerprint density at radius 1 is 1.11 bits per heavy atom. The van der Waals surface area contributed by atoms with Gasteiger partial charge in [0.05, 0.1) is 10.2 Å².